The first kappa shape index (κ1) is 21.3. The molecule has 24 heavy (non-hydrogen) atoms. The van der Waals surface area contributed by atoms with E-state index in [2.05, 4.69) is 10.3 Å². The molecule has 0 saturated carbocycles. The van der Waals surface area contributed by atoms with Gasteiger partial charge >= 0.3 is 6.18 Å². The zero-order valence-corrected chi connectivity index (χ0v) is 16.0. The number of aliphatic imine (C=N–C) groups is 1. The molecular formula is C14H24F3IN4O2. The largest absolute Gasteiger partial charge is 0.390 e. The fourth-order valence-electron chi connectivity index (χ4n) is 2.76. The van der Waals surface area contributed by atoms with Crippen molar-refractivity contribution in [1.82, 2.24) is 15.1 Å². The lowest BCUT2D eigenvalue weighted by atomic mass is 10.2. The summed E-state index contributed by atoms with van der Waals surface area (Å²) in [7, 11) is 1.54. The molecule has 6 nitrogen and oxygen atoms in total. The van der Waals surface area contributed by atoms with Crippen molar-refractivity contribution in [2.75, 3.05) is 46.4 Å². The second-order valence-electron chi connectivity index (χ2n) is 5.65. The predicted molar refractivity (Wildman–Crippen MR) is 94.6 cm³/mol. The predicted octanol–water partition coefficient (Wildman–Crippen LogP) is 1.46. The summed E-state index contributed by atoms with van der Waals surface area (Å²) < 4.78 is 42.0. The molecule has 1 unspecified atom stereocenters. The quantitative estimate of drug-likeness (QED) is 0.391. The third-order valence-electron chi connectivity index (χ3n) is 4.00. The van der Waals surface area contributed by atoms with Gasteiger partial charge in [-0.15, -0.1) is 24.0 Å². The Morgan fingerprint density at radius 2 is 1.88 bits per heavy atom. The van der Waals surface area contributed by atoms with Crippen molar-refractivity contribution in [2.45, 2.75) is 31.5 Å². The Balaban J connectivity index is 0.00000288. The number of alkyl halides is 3. The van der Waals surface area contributed by atoms with E-state index in [0.29, 0.717) is 38.7 Å². The number of amides is 1. The molecule has 0 bridgehead atoms. The van der Waals surface area contributed by atoms with Crippen LogP contribution in [-0.4, -0.2) is 80.3 Å². The molecule has 2 rings (SSSR count). The van der Waals surface area contributed by atoms with Crippen LogP contribution in [0.1, 0.15) is 19.3 Å². The molecule has 0 spiro atoms. The number of nitrogens with one attached hydrogen (secondary N) is 1. The first-order valence-electron chi connectivity index (χ1n) is 7.83. The van der Waals surface area contributed by atoms with Gasteiger partial charge in [-0.3, -0.25) is 9.79 Å². The van der Waals surface area contributed by atoms with Crippen LogP contribution in [-0.2, 0) is 9.53 Å². The van der Waals surface area contributed by atoms with Gasteiger partial charge < -0.3 is 19.9 Å². The van der Waals surface area contributed by atoms with E-state index in [-0.39, 0.29) is 42.5 Å². The molecule has 1 amide bonds. The molecule has 0 aromatic rings. The van der Waals surface area contributed by atoms with Gasteiger partial charge in [0.1, 0.15) is 6.10 Å². The van der Waals surface area contributed by atoms with Crippen molar-refractivity contribution >= 4 is 35.8 Å². The van der Waals surface area contributed by atoms with Crippen molar-refractivity contribution in [3.8, 4) is 0 Å². The van der Waals surface area contributed by atoms with Crippen molar-refractivity contribution < 1.29 is 22.7 Å². The molecular weight excluding hydrogens is 440 g/mol. The van der Waals surface area contributed by atoms with E-state index in [0.717, 1.165) is 12.8 Å². The molecule has 140 valence electrons. The highest BCUT2D eigenvalue weighted by Crippen LogP contribution is 2.18. The minimum absolute atomic E-state index is 0. The Hall–Kier alpha value is -0.780. The van der Waals surface area contributed by atoms with Gasteiger partial charge in [0.25, 0.3) is 5.91 Å². The second kappa shape index (κ2) is 9.64. The number of halogens is 4. The van der Waals surface area contributed by atoms with Crippen LogP contribution in [0, 0.1) is 0 Å². The fraction of sp³-hybridized carbons (Fsp3) is 0.857. The van der Waals surface area contributed by atoms with Gasteiger partial charge in [-0.2, -0.15) is 13.2 Å². The van der Waals surface area contributed by atoms with Gasteiger partial charge in [-0.05, 0) is 12.8 Å². The van der Waals surface area contributed by atoms with E-state index in [1.165, 1.54) is 0 Å². The molecule has 0 aromatic carbocycles. The first-order valence-corrected chi connectivity index (χ1v) is 7.83. The SMILES string of the molecule is CN=C(NCCC(F)(F)F)N1CCN(C(=O)C2CCCO2)CC1.I. The van der Waals surface area contributed by atoms with Gasteiger partial charge in [0, 0.05) is 46.4 Å². The van der Waals surface area contributed by atoms with Crippen molar-refractivity contribution in [3.63, 3.8) is 0 Å². The van der Waals surface area contributed by atoms with Crippen LogP contribution >= 0.6 is 24.0 Å². The average Bonchev–Trinajstić information content (AvgIpc) is 3.04. The number of carbonyl (C=O) groups is 1. The number of nitrogens with zero attached hydrogens (tertiary/aromatic N) is 3. The van der Waals surface area contributed by atoms with Crippen LogP contribution in [0.2, 0.25) is 0 Å². The molecule has 2 saturated heterocycles. The van der Waals surface area contributed by atoms with E-state index in [9.17, 15) is 18.0 Å². The number of guanidine groups is 1. The van der Waals surface area contributed by atoms with Crippen molar-refractivity contribution in [1.29, 1.82) is 0 Å². The summed E-state index contributed by atoms with van der Waals surface area (Å²) in [5, 5.41) is 2.72. The summed E-state index contributed by atoms with van der Waals surface area (Å²) in [6.07, 6.45) is -3.74. The molecule has 0 aliphatic carbocycles. The normalized spacial score (nSPS) is 22.3. The first-order chi connectivity index (χ1) is 10.9. The summed E-state index contributed by atoms with van der Waals surface area (Å²) >= 11 is 0. The van der Waals surface area contributed by atoms with E-state index in [1.807, 2.05) is 4.90 Å². The molecule has 2 aliphatic heterocycles. The van der Waals surface area contributed by atoms with Crippen LogP contribution in [0.3, 0.4) is 0 Å². The molecule has 1 N–H and O–H groups in total. The number of hydrogen-bond acceptors (Lipinski definition) is 3. The minimum Gasteiger partial charge on any atom is -0.368 e. The smallest absolute Gasteiger partial charge is 0.368 e. The molecule has 0 radical (unpaired) electrons. The fourth-order valence-corrected chi connectivity index (χ4v) is 2.76. The zero-order valence-electron chi connectivity index (χ0n) is 13.6. The summed E-state index contributed by atoms with van der Waals surface area (Å²) in [6, 6.07) is 0. The lowest BCUT2D eigenvalue weighted by Gasteiger charge is -2.37. The Labute approximate surface area is 156 Å². The van der Waals surface area contributed by atoms with Gasteiger partial charge in [0.15, 0.2) is 5.96 Å². The van der Waals surface area contributed by atoms with Crippen LogP contribution in [0.4, 0.5) is 13.2 Å². The maximum Gasteiger partial charge on any atom is 0.390 e. The highest BCUT2D eigenvalue weighted by molar-refractivity contribution is 14.0. The highest BCUT2D eigenvalue weighted by atomic mass is 127. The number of rotatable bonds is 3. The summed E-state index contributed by atoms with van der Waals surface area (Å²) in [5.41, 5.74) is 0. The molecule has 2 aliphatic rings. The van der Waals surface area contributed by atoms with Crippen molar-refractivity contribution in [2.24, 2.45) is 4.99 Å². The van der Waals surface area contributed by atoms with Crippen LogP contribution in [0.25, 0.3) is 0 Å². The van der Waals surface area contributed by atoms with E-state index in [1.54, 1.807) is 11.9 Å². The monoisotopic (exact) mass is 464 g/mol. The van der Waals surface area contributed by atoms with E-state index >= 15 is 0 Å². The van der Waals surface area contributed by atoms with Crippen molar-refractivity contribution in [3.05, 3.63) is 0 Å². The lowest BCUT2D eigenvalue weighted by molar-refractivity contribution is -0.142. The Morgan fingerprint density at radius 3 is 2.38 bits per heavy atom. The van der Waals surface area contributed by atoms with Crippen LogP contribution < -0.4 is 5.32 Å². The van der Waals surface area contributed by atoms with Gasteiger partial charge in [0.2, 0.25) is 0 Å². The summed E-state index contributed by atoms with van der Waals surface area (Å²) in [5.74, 6) is 0.459. The van der Waals surface area contributed by atoms with E-state index in [4.69, 9.17) is 4.74 Å². The molecule has 10 heteroatoms. The Morgan fingerprint density at radius 1 is 1.25 bits per heavy atom. The topological polar surface area (TPSA) is 57.2 Å². The highest BCUT2D eigenvalue weighted by Gasteiger charge is 2.31. The minimum atomic E-state index is -4.18. The standard InChI is InChI=1S/C14H23F3N4O2.HI/c1-18-13(19-5-4-14(15,16)17)21-8-6-20(7-9-21)12(22)11-3-2-10-23-11;/h11H,2-10H2,1H3,(H,18,19);1H. The second-order valence-corrected chi connectivity index (χ2v) is 5.65. The summed E-state index contributed by atoms with van der Waals surface area (Å²) in [6.45, 7) is 2.57. The lowest BCUT2D eigenvalue weighted by Crippen LogP contribution is -2.55. The van der Waals surface area contributed by atoms with Gasteiger partial charge in [-0.25, -0.2) is 0 Å². The number of ether oxygens (including phenoxy) is 1. The molecule has 2 heterocycles. The van der Waals surface area contributed by atoms with Gasteiger partial charge in [0.05, 0.1) is 6.42 Å². The third kappa shape index (κ3) is 6.26. The van der Waals surface area contributed by atoms with E-state index < -0.39 is 12.6 Å². The Kier molecular flexibility index (Phi) is 8.54. The maximum absolute atomic E-state index is 12.2. The third-order valence-corrected chi connectivity index (χ3v) is 4.00. The molecule has 2 fully saturated rings. The molecule has 0 aromatic heterocycles. The average molecular weight is 464 g/mol. The Bertz CT molecular complexity index is 434. The number of hydrogen-bond donors (Lipinski definition) is 1. The number of carbonyl (C=O) groups excluding carboxylic acids is 1. The van der Waals surface area contributed by atoms with Crippen LogP contribution in [0.15, 0.2) is 4.99 Å². The maximum atomic E-state index is 12.2. The zero-order chi connectivity index (χ0) is 16.9. The summed E-state index contributed by atoms with van der Waals surface area (Å²) in [4.78, 5) is 19.9. The molecule has 1 atom stereocenters. The van der Waals surface area contributed by atoms with Gasteiger partial charge in [-0.1, -0.05) is 0 Å². The number of piperazine rings is 1. The van der Waals surface area contributed by atoms with Crippen LogP contribution in [0.5, 0.6) is 0 Å².